The molecule has 5 rings (SSSR count). The molecule has 1 aliphatic heterocycles. The summed E-state index contributed by atoms with van der Waals surface area (Å²) in [4.78, 5) is 28.4. The molecule has 2 heterocycles. The van der Waals surface area contributed by atoms with E-state index in [1.165, 1.54) is 21.1 Å². The number of carbonyl (C=O) groups excluding carboxylic acids is 2. The highest BCUT2D eigenvalue weighted by Gasteiger charge is 2.60. The summed E-state index contributed by atoms with van der Waals surface area (Å²) in [7, 11) is 0. The molecule has 2 bridgehead atoms. The van der Waals surface area contributed by atoms with E-state index in [0.29, 0.717) is 10.6 Å². The fraction of sp³-hybridized carbons (Fsp3) is 0.500. The summed E-state index contributed by atoms with van der Waals surface area (Å²) in [6.45, 7) is 0. The zero-order valence-electron chi connectivity index (χ0n) is 12.6. The lowest BCUT2D eigenvalue weighted by Crippen LogP contribution is -2.32. The second-order valence-electron chi connectivity index (χ2n) is 7.01. The molecule has 0 N–H and O–H groups in total. The first kappa shape index (κ1) is 13.5. The fourth-order valence-electron chi connectivity index (χ4n) is 4.93. The molecule has 1 saturated heterocycles. The molecule has 2 amide bonds. The maximum atomic E-state index is 12.9. The average molecular weight is 324 g/mol. The molecule has 0 radical (unpaired) electrons. The second kappa shape index (κ2) is 4.55. The van der Waals surface area contributed by atoms with Crippen LogP contribution in [0.5, 0.6) is 0 Å². The summed E-state index contributed by atoms with van der Waals surface area (Å²) >= 11 is 1.49. The largest absolute Gasteiger partial charge is 0.274 e. The summed E-state index contributed by atoms with van der Waals surface area (Å²) in [6, 6.07) is 2.27. The van der Waals surface area contributed by atoms with E-state index in [4.69, 9.17) is 0 Å². The molecule has 1 aromatic rings. The summed E-state index contributed by atoms with van der Waals surface area (Å²) < 4.78 is 0. The van der Waals surface area contributed by atoms with Crippen molar-refractivity contribution in [1.82, 2.24) is 0 Å². The number of hydrogen-bond acceptors (Lipinski definition) is 4. The van der Waals surface area contributed by atoms with Crippen molar-refractivity contribution in [2.24, 2.45) is 23.7 Å². The van der Waals surface area contributed by atoms with Crippen molar-refractivity contribution in [1.29, 1.82) is 5.26 Å². The van der Waals surface area contributed by atoms with E-state index in [9.17, 15) is 14.9 Å². The minimum Gasteiger partial charge on any atom is -0.274 e. The zero-order chi connectivity index (χ0) is 15.7. The SMILES string of the molecule is N#Cc1c(N2C(=O)[C@H]3[C@H](C2=O)[C@H]2C=C[C@H]3C2)sc2c1CCCC2. The van der Waals surface area contributed by atoms with Gasteiger partial charge in [0, 0.05) is 4.88 Å². The third kappa shape index (κ3) is 1.60. The molecule has 0 unspecified atom stereocenters. The zero-order valence-corrected chi connectivity index (χ0v) is 13.4. The molecule has 4 aliphatic rings. The van der Waals surface area contributed by atoms with Gasteiger partial charge in [-0.1, -0.05) is 12.2 Å². The van der Waals surface area contributed by atoms with Crippen LogP contribution in [0.25, 0.3) is 0 Å². The van der Waals surface area contributed by atoms with Gasteiger partial charge in [0.05, 0.1) is 17.4 Å². The molecular formula is C18H16N2O2S. The van der Waals surface area contributed by atoms with Crippen LogP contribution in [-0.4, -0.2) is 11.8 Å². The third-order valence-electron chi connectivity index (χ3n) is 5.94. The van der Waals surface area contributed by atoms with Gasteiger partial charge >= 0.3 is 0 Å². The lowest BCUT2D eigenvalue weighted by Gasteiger charge is -2.15. The predicted molar refractivity (Wildman–Crippen MR) is 85.9 cm³/mol. The van der Waals surface area contributed by atoms with Gasteiger partial charge in [-0.25, -0.2) is 4.90 Å². The quantitative estimate of drug-likeness (QED) is 0.589. The molecule has 3 aliphatic carbocycles. The Morgan fingerprint density at radius 3 is 2.39 bits per heavy atom. The topological polar surface area (TPSA) is 61.2 Å². The number of aryl methyl sites for hydroxylation is 1. The number of hydrogen-bond donors (Lipinski definition) is 0. The van der Waals surface area contributed by atoms with Gasteiger partial charge in [-0.05, 0) is 49.5 Å². The van der Waals surface area contributed by atoms with Crippen molar-refractivity contribution >= 4 is 28.2 Å². The van der Waals surface area contributed by atoms with Gasteiger partial charge in [-0.2, -0.15) is 5.26 Å². The van der Waals surface area contributed by atoms with Crippen molar-refractivity contribution in [2.75, 3.05) is 4.90 Å². The molecule has 1 saturated carbocycles. The lowest BCUT2D eigenvalue weighted by atomic mass is 9.85. The Kier molecular flexibility index (Phi) is 2.67. The van der Waals surface area contributed by atoms with Crippen LogP contribution >= 0.6 is 11.3 Å². The third-order valence-corrected chi connectivity index (χ3v) is 7.21. The van der Waals surface area contributed by atoms with Crippen LogP contribution in [0.4, 0.5) is 5.00 Å². The number of nitrogens with zero attached hydrogens (tertiary/aromatic N) is 2. The molecule has 0 spiro atoms. The van der Waals surface area contributed by atoms with Gasteiger partial charge in [0.25, 0.3) is 0 Å². The first-order valence-electron chi connectivity index (χ1n) is 8.31. The van der Waals surface area contributed by atoms with E-state index in [1.807, 2.05) is 0 Å². The maximum absolute atomic E-state index is 12.9. The van der Waals surface area contributed by atoms with Crippen LogP contribution in [0.3, 0.4) is 0 Å². The molecule has 4 nitrogen and oxygen atoms in total. The van der Waals surface area contributed by atoms with Crippen LogP contribution in [0.15, 0.2) is 12.2 Å². The lowest BCUT2D eigenvalue weighted by molar-refractivity contribution is -0.123. The normalized spacial score (nSPS) is 34.0. The highest BCUT2D eigenvalue weighted by Crippen LogP contribution is 2.54. The van der Waals surface area contributed by atoms with E-state index in [-0.39, 0.29) is 35.5 Å². The predicted octanol–water partition coefficient (Wildman–Crippen LogP) is 2.81. The number of anilines is 1. The Morgan fingerprint density at radius 1 is 1.09 bits per heavy atom. The van der Waals surface area contributed by atoms with Crippen LogP contribution in [0, 0.1) is 35.0 Å². The van der Waals surface area contributed by atoms with E-state index < -0.39 is 0 Å². The van der Waals surface area contributed by atoms with Crippen molar-refractivity contribution in [3.8, 4) is 6.07 Å². The number of imide groups is 1. The minimum atomic E-state index is -0.192. The average Bonchev–Trinajstić information content (AvgIpc) is 3.29. The highest BCUT2D eigenvalue weighted by molar-refractivity contribution is 7.17. The Labute approximate surface area is 138 Å². The molecule has 116 valence electrons. The first-order valence-corrected chi connectivity index (χ1v) is 9.13. The Morgan fingerprint density at radius 2 is 1.74 bits per heavy atom. The van der Waals surface area contributed by atoms with Gasteiger partial charge < -0.3 is 0 Å². The number of fused-ring (bicyclic) bond motifs is 6. The van der Waals surface area contributed by atoms with E-state index in [1.54, 1.807) is 0 Å². The molecule has 23 heavy (non-hydrogen) atoms. The van der Waals surface area contributed by atoms with Crippen molar-refractivity contribution in [3.05, 3.63) is 28.2 Å². The molecule has 4 atom stereocenters. The summed E-state index contributed by atoms with van der Waals surface area (Å²) in [5.41, 5.74) is 1.66. The number of amides is 2. The van der Waals surface area contributed by atoms with Gasteiger partial charge in [0.1, 0.15) is 11.1 Å². The molecule has 2 fully saturated rings. The second-order valence-corrected chi connectivity index (χ2v) is 8.10. The smallest absolute Gasteiger partial charge is 0.238 e. The van der Waals surface area contributed by atoms with Crippen LogP contribution in [0.2, 0.25) is 0 Å². The van der Waals surface area contributed by atoms with Gasteiger partial charge in [-0.3, -0.25) is 9.59 Å². The number of rotatable bonds is 1. The van der Waals surface area contributed by atoms with E-state index >= 15 is 0 Å². The van der Waals surface area contributed by atoms with E-state index in [0.717, 1.165) is 37.7 Å². The van der Waals surface area contributed by atoms with Crippen molar-refractivity contribution in [2.45, 2.75) is 32.1 Å². The number of allylic oxidation sites excluding steroid dienone is 2. The number of carbonyl (C=O) groups is 2. The maximum Gasteiger partial charge on any atom is 0.238 e. The number of thiophene rings is 1. The monoisotopic (exact) mass is 324 g/mol. The standard InChI is InChI=1S/C18H16N2O2S/c19-8-12-11-3-1-2-4-13(11)23-18(12)20-16(21)14-9-5-6-10(7-9)15(14)17(20)22/h5-6,9-10,14-15H,1-4,7H2/t9-,10-,14+,15+/m0/s1. The van der Waals surface area contributed by atoms with Gasteiger partial charge in [0.2, 0.25) is 11.8 Å². The Balaban J connectivity index is 1.61. The molecule has 1 aromatic heterocycles. The molecular weight excluding hydrogens is 308 g/mol. The molecule has 0 aromatic carbocycles. The summed E-state index contributed by atoms with van der Waals surface area (Å²) in [5, 5.41) is 10.2. The van der Waals surface area contributed by atoms with Crippen molar-refractivity contribution in [3.63, 3.8) is 0 Å². The Bertz CT molecular complexity index is 786. The fourth-order valence-corrected chi connectivity index (χ4v) is 6.28. The van der Waals surface area contributed by atoms with Crippen LogP contribution in [-0.2, 0) is 22.4 Å². The summed E-state index contributed by atoms with van der Waals surface area (Å²) in [6.07, 6.45) is 9.20. The Hall–Kier alpha value is -1.93. The van der Waals surface area contributed by atoms with Crippen LogP contribution < -0.4 is 4.90 Å². The first-order chi connectivity index (χ1) is 11.2. The van der Waals surface area contributed by atoms with Gasteiger partial charge in [-0.15, -0.1) is 11.3 Å². The van der Waals surface area contributed by atoms with E-state index in [2.05, 4.69) is 18.2 Å². The highest BCUT2D eigenvalue weighted by atomic mass is 32.1. The van der Waals surface area contributed by atoms with Gasteiger partial charge in [0.15, 0.2) is 0 Å². The summed E-state index contributed by atoms with van der Waals surface area (Å²) in [5.74, 6) is -0.108. The molecule has 5 heteroatoms. The van der Waals surface area contributed by atoms with Crippen molar-refractivity contribution < 1.29 is 9.59 Å². The minimum absolute atomic E-state index is 0.0769. The van der Waals surface area contributed by atoms with Crippen LogP contribution in [0.1, 0.15) is 35.3 Å². The number of nitriles is 1.